The van der Waals surface area contributed by atoms with Crippen LogP contribution < -0.4 is 15.4 Å². The number of benzene rings is 1. The quantitative estimate of drug-likeness (QED) is 0.160. The van der Waals surface area contributed by atoms with E-state index in [1.165, 1.54) is 0 Å². The van der Waals surface area contributed by atoms with Gasteiger partial charge in [0.05, 0.1) is 18.8 Å². The van der Waals surface area contributed by atoms with Crippen LogP contribution in [0.3, 0.4) is 0 Å². The van der Waals surface area contributed by atoms with E-state index in [0.717, 1.165) is 70.1 Å². The highest BCUT2D eigenvalue weighted by Crippen LogP contribution is 2.20. The van der Waals surface area contributed by atoms with Gasteiger partial charge in [0.2, 0.25) is 0 Å². The normalized spacial score (nSPS) is 16.0. The third-order valence-corrected chi connectivity index (χ3v) is 4.83. The monoisotopic (exact) mass is 549 g/mol. The van der Waals surface area contributed by atoms with E-state index in [0.29, 0.717) is 11.9 Å². The molecule has 0 amide bonds. The van der Waals surface area contributed by atoms with Crippen molar-refractivity contribution in [2.24, 2.45) is 10.9 Å². The Morgan fingerprint density at radius 3 is 2.74 bits per heavy atom. The van der Waals surface area contributed by atoms with Gasteiger partial charge in [-0.25, -0.2) is 0 Å². The predicted molar refractivity (Wildman–Crippen MR) is 136 cm³/mol. The Labute approximate surface area is 204 Å². The maximum Gasteiger partial charge on any atom is 0.191 e. The Hall–Kier alpha value is -1.10. The Morgan fingerprint density at radius 1 is 1.26 bits per heavy atom. The molecule has 1 unspecified atom stereocenters. The van der Waals surface area contributed by atoms with Crippen LogP contribution in [-0.4, -0.2) is 63.2 Å². The van der Waals surface area contributed by atoms with E-state index in [1.54, 1.807) is 0 Å². The lowest BCUT2D eigenvalue weighted by Gasteiger charge is -2.21. The number of aliphatic imine (C=N–C) groups is 1. The lowest BCUT2D eigenvalue weighted by Crippen LogP contribution is -2.38. The van der Waals surface area contributed by atoms with Crippen molar-refractivity contribution < 1.29 is 19.3 Å². The van der Waals surface area contributed by atoms with Crippen LogP contribution in [0.2, 0.25) is 0 Å². The zero-order valence-electron chi connectivity index (χ0n) is 19.1. The summed E-state index contributed by atoms with van der Waals surface area (Å²) in [7, 11) is 0. The first kappa shape index (κ1) is 27.9. The van der Waals surface area contributed by atoms with E-state index >= 15 is 0 Å². The van der Waals surface area contributed by atoms with E-state index < -0.39 is 6.10 Å². The molecule has 31 heavy (non-hydrogen) atoms. The summed E-state index contributed by atoms with van der Waals surface area (Å²) < 4.78 is 16.9. The molecule has 1 fully saturated rings. The molecule has 2 rings (SSSR count). The number of hydrogen-bond acceptors (Lipinski definition) is 5. The average molecular weight is 549 g/mol. The summed E-state index contributed by atoms with van der Waals surface area (Å²) in [6, 6.07) is 7.55. The van der Waals surface area contributed by atoms with Crippen molar-refractivity contribution in [1.29, 1.82) is 0 Å². The van der Waals surface area contributed by atoms with Gasteiger partial charge < -0.3 is 30.0 Å². The van der Waals surface area contributed by atoms with Gasteiger partial charge in [0.15, 0.2) is 5.96 Å². The van der Waals surface area contributed by atoms with Crippen LogP contribution in [0.4, 0.5) is 0 Å². The molecule has 178 valence electrons. The minimum atomic E-state index is -0.682. The third kappa shape index (κ3) is 11.9. The van der Waals surface area contributed by atoms with Crippen molar-refractivity contribution in [3.05, 3.63) is 29.8 Å². The minimum Gasteiger partial charge on any atom is -0.491 e. The molecule has 1 saturated heterocycles. The summed E-state index contributed by atoms with van der Waals surface area (Å²) in [5.74, 6) is 2.10. The molecule has 1 aromatic carbocycles. The SMILES string of the molecule is CCNC(=NCC(O)c1cccc(OC(C)C)c1)NCCCOCC1CCOCC1.I. The van der Waals surface area contributed by atoms with Crippen molar-refractivity contribution in [1.82, 2.24) is 10.6 Å². The molecule has 1 aromatic rings. The molecule has 1 aliphatic heterocycles. The van der Waals surface area contributed by atoms with Gasteiger partial charge in [0, 0.05) is 39.5 Å². The van der Waals surface area contributed by atoms with E-state index in [-0.39, 0.29) is 36.6 Å². The highest BCUT2D eigenvalue weighted by atomic mass is 127. The number of ether oxygens (including phenoxy) is 3. The van der Waals surface area contributed by atoms with Crippen molar-refractivity contribution >= 4 is 29.9 Å². The van der Waals surface area contributed by atoms with Gasteiger partial charge in [-0.15, -0.1) is 24.0 Å². The Balaban J connectivity index is 0.00000480. The van der Waals surface area contributed by atoms with Gasteiger partial charge >= 0.3 is 0 Å². The summed E-state index contributed by atoms with van der Waals surface area (Å²) >= 11 is 0. The largest absolute Gasteiger partial charge is 0.491 e. The summed E-state index contributed by atoms with van der Waals surface area (Å²) in [6.07, 6.45) is 2.53. The second-order valence-corrected chi connectivity index (χ2v) is 7.89. The van der Waals surface area contributed by atoms with Crippen molar-refractivity contribution in [2.75, 3.05) is 46.1 Å². The maximum atomic E-state index is 10.5. The molecule has 0 radical (unpaired) electrons. The smallest absolute Gasteiger partial charge is 0.191 e. The van der Waals surface area contributed by atoms with Crippen LogP contribution in [0.1, 0.15) is 51.7 Å². The van der Waals surface area contributed by atoms with Crippen LogP contribution in [0.15, 0.2) is 29.3 Å². The standard InChI is InChI=1S/C23H39N3O4.HI/c1-4-24-23(25-11-6-12-29-17-19-9-13-28-14-10-19)26-16-22(27)20-7-5-8-21(15-20)30-18(2)3;/h5,7-8,15,18-19,22,27H,4,6,9-14,16-17H2,1-3H3,(H2,24,25,26);1H. The molecular weight excluding hydrogens is 509 g/mol. The second-order valence-electron chi connectivity index (χ2n) is 7.89. The van der Waals surface area contributed by atoms with Gasteiger partial charge in [-0.05, 0) is 63.6 Å². The molecule has 1 atom stereocenters. The Bertz CT molecular complexity index is 625. The Kier molecular flexibility index (Phi) is 14.9. The van der Waals surface area contributed by atoms with E-state index in [9.17, 15) is 5.11 Å². The first-order valence-corrected chi connectivity index (χ1v) is 11.2. The fourth-order valence-corrected chi connectivity index (χ4v) is 3.24. The van der Waals surface area contributed by atoms with Gasteiger partial charge in [0.1, 0.15) is 5.75 Å². The lowest BCUT2D eigenvalue weighted by atomic mass is 10.0. The average Bonchev–Trinajstić information content (AvgIpc) is 2.74. The molecule has 0 aliphatic carbocycles. The second kappa shape index (κ2) is 16.5. The maximum absolute atomic E-state index is 10.5. The summed E-state index contributed by atoms with van der Waals surface area (Å²) in [6.45, 7) is 11.1. The predicted octanol–water partition coefficient (Wildman–Crippen LogP) is 3.51. The number of aliphatic hydroxyl groups excluding tert-OH is 1. The highest BCUT2D eigenvalue weighted by molar-refractivity contribution is 14.0. The first-order valence-electron chi connectivity index (χ1n) is 11.2. The number of nitrogens with zero attached hydrogens (tertiary/aromatic N) is 1. The number of nitrogens with one attached hydrogen (secondary N) is 2. The number of guanidine groups is 1. The van der Waals surface area contributed by atoms with Gasteiger partial charge in [-0.2, -0.15) is 0 Å². The van der Waals surface area contributed by atoms with Crippen LogP contribution in [-0.2, 0) is 9.47 Å². The van der Waals surface area contributed by atoms with Crippen LogP contribution in [0, 0.1) is 5.92 Å². The van der Waals surface area contributed by atoms with Gasteiger partial charge in [-0.3, -0.25) is 4.99 Å². The van der Waals surface area contributed by atoms with Crippen LogP contribution in [0.5, 0.6) is 5.75 Å². The lowest BCUT2D eigenvalue weighted by molar-refractivity contribution is 0.0203. The molecule has 0 aromatic heterocycles. The molecule has 0 bridgehead atoms. The fourth-order valence-electron chi connectivity index (χ4n) is 3.24. The molecule has 7 nitrogen and oxygen atoms in total. The zero-order valence-corrected chi connectivity index (χ0v) is 21.5. The molecule has 1 heterocycles. The number of halogens is 1. The number of rotatable bonds is 12. The topological polar surface area (TPSA) is 84.3 Å². The first-order chi connectivity index (χ1) is 14.6. The number of hydrogen-bond donors (Lipinski definition) is 3. The van der Waals surface area contributed by atoms with Crippen molar-refractivity contribution in [3.63, 3.8) is 0 Å². The van der Waals surface area contributed by atoms with Crippen molar-refractivity contribution in [2.45, 2.75) is 52.2 Å². The molecule has 8 heteroatoms. The van der Waals surface area contributed by atoms with Gasteiger partial charge in [-0.1, -0.05) is 12.1 Å². The molecule has 3 N–H and O–H groups in total. The third-order valence-electron chi connectivity index (χ3n) is 4.83. The number of aliphatic hydroxyl groups is 1. The summed E-state index contributed by atoms with van der Waals surface area (Å²) in [5, 5.41) is 17.0. The van der Waals surface area contributed by atoms with Crippen LogP contribution >= 0.6 is 24.0 Å². The van der Waals surface area contributed by atoms with Crippen LogP contribution in [0.25, 0.3) is 0 Å². The van der Waals surface area contributed by atoms with E-state index in [4.69, 9.17) is 14.2 Å². The van der Waals surface area contributed by atoms with E-state index in [2.05, 4.69) is 15.6 Å². The fraction of sp³-hybridized carbons (Fsp3) is 0.696. The molecule has 1 aliphatic rings. The zero-order chi connectivity index (χ0) is 21.6. The van der Waals surface area contributed by atoms with E-state index in [1.807, 2.05) is 45.0 Å². The molecule has 0 saturated carbocycles. The van der Waals surface area contributed by atoms with Gasteiger partial charge in [0.25, 0.3) is 0 Å². The summed E-state index contributed by atoms with van der Waals surface area (Å²) in [5.41, 5.74) is 0.800. The highest BCUT2D eigenvalue weighted by Gasteiger charge is 2.13. The molecule has 0 spiro atoms. The molecular formula is C23H40IN3O4. The van der Waals surface area contributed by atoms with Crippen molar-refractivity contribution in [3.8, 4) is 5.75 Å². The minimum absolute atomic E-state index is 0. The Morgan fingerprint density at radius 2 is 2.03 bits per heavy atom. The summed E-state index contributed by atoms with van der Waals surface area (Å²) in [4.78, 5) is 4.52.